The van der Waals surface area contributed by atoms with E-state index in [0.717, 1.165) is 36.3 Å². The number of ether oxygens (including phenoxy) is 1. The van der Waals surface area contributed by atoms with Gasteiger partial charge in [0, 0.05) is 24.0 Å². The van der Waals surface area contributed by atoms with E-state index in [1.165, 1.54) is 5.56 Å². The molecule has 0 unspecified atom stereocenters. The zero-order chi connectivity index (χ0) is 19.8. The Morgan fingerprint density at radius 1 is 1.18 bits per heavy atom. The number of hydrogen-bond donors (Lipinski definition) is 1. The van der Waals surface area contributed by atoms with Crippen molar-refractivity contribution >= 4 is 23.2 Å². The van der Waals surface area contributed by atoms with Crippen LogP contribution in [0.25, 0.3) is 0 Å². The molecule has 6 heteroatoms. The Bertz CT molecular complexity index is 751. The van der Waals surface area contributed by atoms with Crippen molar-refractivity contribution in [1.82, 2.24) is 10.2 Å². The van der Waals surface area contributed by atoms with Gasteiger partial charge in [-0.05, 0) is 48.4 Å². The van der Waals surface area contributed by atoms with Crippen molar-refractivity contribution in [2.45, 2.75) is 45.1 Å². The van der Waals surface area contributed by atoms with Crippen LogP contribution in [-0.4, -0.2) is 42.5 Å². The van der Waals surface area contributed by atoms with Crippen LogP contribution in [0, 0.1) is 0 Å². The van der Waals surface area contributed by atoms with Crippen LogP contribution in [0.2, 0.25) is 0 Å². The van der Waals surface area contributed by atoms with Gasteiger partial charge in [-0.1, -0.05) is 31.5 Å². The molecule has 0 bridgehead atoms. The zero-order valence-corrected chi connectivity index (χ0v) is 17.2. The summed E-state index contributed by atoms with van der Waals surface area (Å²) < 4.78 is 5.64. The van der Waals surface area contributed by atoms with Crippen LogP contribution in [-0.2, 0) is 22.4 Å². The number of nitrogens with zero attached hydrogens (tertiary/aromatic N) is 1. The summed E-state index contributed by atoms with van der Waals surface area (Å²) in [7, 11) is 0. The Kier molecular flexibility index (Phi) is 7.48. The van der Waals surface area contributed by atoms with E-state index >= 15 is 0 Å². The summed E-state index contributed by atoms with van der Waals surface area (Å²) in [5, 5.41) is 5.07. The Hall–Kier alpha value is -2.34. The first-order chi connectivity index (χ1) is 13.6. The minimum absolute atomic E-state index is 0.000923. The molecular formula is C22H28N2O3S. The first kappa shape index (κ1) is 20.4. The number of likely N-dealkylation sites (tertiary alicyclic amines) is 1. The van der Waals surface area contributed by atoms with E-state index in [9.17, 15) is 9.59 Å². The van der Waals surface area contributed by atoms with Crippen molar-refractivity contribution in [2.75, 3.05) is 19.7 Å². The van der Waals surface area contributed by atoms with E-state index in [4.69, 9.17) is 4.74 Å². The summed E-state index contributed by atoms with van der Waals surface area (Å²) in [5.74, 6) is 0.784. The highest BCUT2D eigenvalue weighted by atomic mass is 32.1. The molecule has 1 aliphatic rings. The van der Waals surface area contributed by atoms with Gasteiger partial charge in [-0.3, -0.25) is 9.59 Å². The fraction of sp³-hybridized carbons (Fsp3) is 0.455. The highest BCUT2D eigenvalue weighted by Crippen LogP contribution is 2.15. The normalized spacial score (nSPS) is 14.7. The third-order valence-electron chi connectivity index (χ3n) is 4.95. The highest BCUT2D eigenvalue weighted by Gasteiger charge is 2.24. The average molecular weight is 401 g/mol. The first-order valence-electron chi connectivity index (χ1n) is 9.95. The number of rotatable bonds is 8. The maximum atomic E-state index is 12.4. The lowest BCUT2D eigenvalue weighted by molar-refractivity contribution is -0.134. The quantitative estimate of drug-likeness (QED) is 0.739. The predicted molar refractivity (Wildman–Crippen MR) is 112 cm³/mol. The average Bonchev–Trinajstić information content (AvgIpc) is 3.21. The molecule has 0 spiro atoms. The fourth-order valence-electron chi connectivity index (χ4n) is 3.40. The molecule has 5 nitrogen and oxygen atoms in total. The van der Waals surface area contributed by atoms with Gasteiger partial charge in [0.15, 0.2) is 6.61 Å². The second-order valence-electron chi connectivity index (χ2n) is 7.16. The van der Waals surface area contributed by atoms with Crippen molar-refractivity contribution in [1.29, 1.82) is 0 Å². The maximum absolute atomic E-state index is 12.4. The van der Waals surface area contributed by atoms with Gasteiger partial charge in [-0.15, -0.1) is 11.3 Å². The summed E-state index contributed by atoms with van der Waals surface area (Å²) >= 11 is 1.60. The molecule has 0 aliphatic carbocycles. The Labute approximate surface area is 170 Å². The number of amides is 2. The Morgan fingerprint density at radius 2 is 1.93 bits per heavy atom. The van der Waals surface area contributed by atoms with Crippen molar-refractivity contribution in [2.24, 2.45) is 0 Å². The van der Waals surface area contributed by atoms with Gasteiger partial charge in [0.25, 0.3) is 5.91 Å². The van der Waals surface area contributed by atoms with Crippen molar-refractivity contribution in [3.05, 3.63) is 52.2 Å². The third-order valence-corrected chi connectivity index (χ3v) is 5.83. The minimum atomic E-state index is 0.000923. The van der Waals surface area contributed by atoms with Crippen molar-refractivity contribution in [3.63, 3.8) is 0 Å². The number of benzene rings is 1. The SMILES string of the molecule is CCCc1ccc(OCC(=O)N2CCC(NC(=O)Cc3cccs3)CC2)cc1. The molecular weight excluding hydrogens is 372 g/mol. The molecule has 150 valence electrons. The molecule has 0 saturated carbocycles. The Morgan fingerprint density at radius 3 is 2.57 bits per heavy atom. The van der Waals surface area contributed by atoms with E-state index in [0.29, 0.717) is 19.5 Å². The van der Waals surface area contributed by atoms with Gasteiger partial charge >= 0.3 is 0 Å². The molecule has 1 saturated heterocycles. The zero-order valence-electron chi connectivity index (χ0n) is 16.4. The second kappa shape index (κ2) is 10.3. The van der Waals surface area contributed by atoms with Crippen molar-refractivity contribution < 1.29 is 14.3 Å². The van der Waals surface area contributed by atoms with Gasteiger partial charge in [-0.25, -0.2) is 0 Å². The molecule has 2 aromatic rings. The summed E-state index contributed by atoms with van der Waals surface area (Å²) in [6.07, 6.45) is 4.17. The van der Waals surface area contributed by atoms with Crippen LogP contribution in [0.4, 0.5) is 0 Å². The summed E-state index contributed by atoms with van der Waals surface area (Å²) in [5.41, 5.74) is 1.28. The molecule has 1 fully saturated rings. The monoisotopic (exact) mass is 400 g/mol. The lowest BCUT2D eigenvalue weighted by Gasteiger charge is -2.32. The lowest BCUT2D eigenvalue weighted by Crippen LogP contribution is -2.47. The number of carbonyl (C=O) groups is 2. The summed E-state index contributed by atoms with van der Waals surface area (Å²) in [4.78, 5) is 27.4. The fourth-order valence-corrected chi connectivity index (χ4v) is 4.10. The summed E-state index contributed by atoms with van der Waals surface area (Å²) in [6.45, 7) is 3.52. The molecule has 2 heterocycles. The minimum Gasteiger partial charge on any atom is -0.484 e. The number of piperidine rings is 1. The van der Waals surface area contributed by atoms with E-state index < -0.39 is 0 Å². The van der Waals surface area contributed by atoms with Gasteiger partial charge in [-0.2, -0.15) is 0 Å². The van der Waals surface area contributed by atoms with Crippen LogP contribution < -0.4 is 10.1 Å². The molecule has 0 radical (unpaired) electrons. The van der Waals surface area contributed by atoms with Gasteiger partial charge in [0.05, 0.1) is 6.42 Å². The molecule has 28 heavy (non-hydrogen) atoms. The van der Waals surface area contributed by atoms with Crippen molar-refractivity contribution in [3.8, 4) is 5.75 Å². The topological polar surface area (TPSA) is 58.6 Å². The van der Waals surface area contributed by atoms with E-state index in [2.05, 4.69) is 12.2 Å². The number of carbonyl (C=O) groups excluding carboxylic acids is 2. The molecule has 1 aromatic carbocycles. The van der Waals surface area contributed by atoms with E-state index in [1.807, 2.05) is 46.7 Å². The van der Waals surface area contributed by atoms with Crippen LogP contribution in [0.1, 0.15) is 36.6 Å². The van der Waals surface area contributed by atoms with Gasteiger partial charge in [0.1, 0.15) is 5.75 Å². The smallest absolute Gasteiger partial charge is 0.260 e. The van der Waals surface area contributed by atoms with Gasteiger partial charge < -0.3 is 15.0 Å². The van der Waals surface area contributed by atoms with E-state index in [-0.39, 0.29) is 24.5 Å². The first-order valence-corrected chi connectivity index (χ1v) is 10.8. The molecule has 2 amide bonds. The number of aryl methyl sites for hydroxylation is 1. The molecule has 1 aliphatic heterocycles. The molecule has 1 N–H and O–H groups in total. The number of hydrogen-bond acceptors (Lipinski definition) is 4. The third kappa shape index (κ3) is 6.09. The highest BCUT2D eigenvalue weighted by molar-refractivity contribution is 7.10. The van der Waals surface area contributed by atoms with Crippen LogP contribution in [0.3, 0.4) is 0 Å². The second-order valence-corrected chi connectivity index (χ2v) is 8.19. The Balaban J connectivity index is 1.36. The largest absolute Gasteiger partial charge is 0.484 e. The lowest BCUT2D eigenvalue weighted by atomic mass is 10.0. The summed E-state index contributed by atoms with van der Waals surface area (Å²) in [6, 6.07) is 12.0. The van der Waals surface area contributed by atoms with E-state index in [1.54, 1.807) is 11.3 Å². The van der Waals surface area contributed by atoms with Crippen LogP contribution >= 0.6 is 11.3 Å². The van der Waals surface area contributed by atoms with Crippen LogP contribution in [0.15, 0.2) is 41.8 Å². The maximum Gasteiger partial charge on any atom is 0.260 e. The van der Waals surface area contributed by atoms with Crippen LogP contribution in [0.5, 0.6) is 5.75 Å². The molecule has 0 atom stereocenters. The standard InChI is InChI=1S/C22H28N2O3S/c1-2-4-17-6-8-19(9-7-17)27-16-22(26)24-12-10-18(11-13-24)23-21(25)15-20-5-3-14-28-20/h3,5-9,14,18H,2,4,10-13,15-16H2,1H3,(H,23,25). The predicted octanol–water partition coefficient (Wildman–Crippen LogP) is 3.43. The molecule has 1 aromatic heterocycles. The molecule has 3 rings (SSSR count). The number of thiophene rings is 1. The number of nitrogens with one attached hydrogen (secondary N) is 1. The van der Waals surface area contributed by atoms with Gasteiger partial charge in [0.2, 0.25) is 5.91 Å².